The zero-order valence-electron chi connectivity index (χ0n) is 13.0. The number of benzene rings is 2. The van der Waals surface area contributed by atoms with Crippen LogP contribution in [-0.4, -0.2) is 11.7 Å². The lowest BCUT2D eigenvalue weighted by Crippen LogP contribution is -2.53. The Labute approximate surface area is 135 Å². The Morgan fingerprint density at radius 1 is 1.13 bits per heavy atom. The summed E-state index contributed by atoms with van der Waals surface area (Å²) in [5, 5.41) is 2.94. The molecule has 0 fully saturated rings. The quantitative estimate of drug-likeness (QED) is 0.941. The van der Waals surface area contributed by atoms with Gasteiger partial charge in [0.2, 0.25) is 11.6 Å². The molecule has 1 aliphatic rings. The zero-order valence-corrected chi connectivity index (χ0v) is 13.0. The number of amides is 1. The van der Waals surface area contributed by atoms with E-state index in [1.165, 1.54) is 0 Å². The number of Topliss-reactive ketones (excluding diaryl/α,β-unsaturated/α-hetero) is 1. The van der Waals surface area contributed by atoms with Crippen molar-refractivity contribution in [1.29, 1.82) is 0 Å². The Morgan fingerprint density at radius 2 is 1.83 bits per heavy atom. The lowest BCUT2D eigenvalue weighted by Gasteiger charge is -2.38. The van der Waals surface area contributed by atoms with E-state index in [-0.39, 0.29) is 18.1 Å². The van der Waals surface area contributed by atoms with Gasteiger partial charge in [0.25, 0.3) is 0 Å². The topological polar surface area (TPSA) is 55.4 Å². The summed E-state index contributed by atoms with van der Waals surface area (Å²) in [6, 6.07) is 16.5. The fourth-order valence-corrected chi connectivity index (χ4v) is 2.86. The lowest BCUT2D eigenvalue weighted by molar-refractivity contribution is -0.128. The van der Waals surface area contributed by atoms with Gasteiger partial charge in [0.05, 0.1) is 12.0 Å². The average molecular weight is 309 g/mol. The minimum atomic E-state index is -1.14. The van der Waals surface area contributed by atoms with Gasteiger partial charge in [0, 0.05) is 12.0 Å². The van der Waals surface area contributed by atoms with E-state index >= 15 is 0 Å². The summed E-state index contributed by atoms with van der Waals surface area (Å²) in [4.78, 5) is 24.8. The molecular weight excluding hydrogens is 290 g/mol. The van der Waals surface area contributed by atoms with Crippen molar-refractivity contribution >= 4 is 11.7 Å². The standard InChI is InChI=1S/C19H19NO3/c1-2-8-18(22)20-19(14-9-4-3-5-10-14)13-16(21)15-11-6-7-12-17(15)23-19/h3-7,9-12H,2,8,13H2,1H3,(H,20,22). The molecule has 0 aromatic heterocycles. The molecule has 23 heavy (non-hydrogen) atoms. The second-order valence-electron chi connectivity index (χ2n) is 5.69. The van der Waals surface area contributed by atoms with Crippen molar-refractivity contribution in [3.8, 4) is 5.75 Å². The second kappa shape index (κ2) is 6.24. The van der Waals surface area contributed by atoms with Crippen LogP contribution in [0.4, 0.5) is 0 Å². The molecule has 1 aliphatic heterocycles. The first-order valence-corrected chi connectivity index (χ1v) is 7.82. The molecule has 0 bridgehead atoms. The van der Waals surface area contributed by atoms with Gasteiger partial charge in [-0.25, -0.2) is 0 Å². The largest absolute Gasteiger partial charge is 0.463 e. The summed E-state index contributed by atoms with van der Waals surface area (Å²) in [6.45, 7) is 1.94. The number of carbonyl (C=O) groups is 2. The summed E-state index contributed by atoms with van der Waals surface area (Å²) in [5.41, 5.74) is 0.190. The molecule has 0 saturated carbocycles. The smallest absolute Gasteiger partial charge is 0.223 e. The van der Waals surface area contributed by atoms with E-state index in [9.17, 15) is 9.59 Å². The summed E-state index contributed by atoms with van der Waals surface area (Å²) in [7, 11) is 0. The van der Waals surface area contributed by atoms with Crippen LogP contribution in [0.1, 0.15) is 42.1 Å². The molecule has 1 heterocycles. The van der Waals surface area contributed by atoms with Gasteiger partial charge in [-0.3, -0.25) is 9.59 Å². The third-order valence-corrected chi connectivity index (χ3v) is 3.94. The first-order chi connectivity index (χ1) is 11.1. The normalized spacial score (nSPS) is 19.6. The SMILES string of the molecule is CCCC(=O)NC1(c2ccccc2)CC(=O)c2ccccc2O1. The van der Waals surface area contributed by atoms with Crippen LogP contribution in [0, 0.1) is 0 Å². The van der Waals surface area contributed by atoms with Crippen molar-refractivity contribution in [2.75, 3.05) is 0 Å². The highest BCUT2D eigenvalue weighted by Gasteiger charge is 2.43. The van der Waals surface area contributed by atoms with Crippen molar-refractivity contribution < 1.29 is 14.3 Å². The molecule has 1 N–H and O–H groups in total. The molecule has 4 heteroatoms. The van der Waals surface area contributed by atoms with Gasteiger partial charge in [0.15, 0.2) is 5.78 Å². The van der Waals surface area contributed by atoms with Crippen LogP contribution in [-0.2, 0) is 10.5 Å². The maximum Gasteiger partial charge on any atom is 0.223 e. The summed E-state index contributed by atoms with van der Waals surface area (Å²) >= 11 is 0. The van der Waals surface area contributed by atoms with E-state index in [0.717, 1.165) is 12.0 Å². The fourth-order valence-electron chi connectivity index (χ4n) is 2.86. The number of ketones is 1. The van der Waals surface area contributed by atoms with E-state index in [4.69, 9.17) is 4.74 Å². The first-order valence-electron chi connectivity index (χ1n) is 7.82. The Balaban J connectivity index is 2.04. The van der Waals surface area contributed by atoms with E-state index in [2.05, 4.69) is 5.32 Å². The molecule has 1 amide bonds. The molecule has 0 radical (unpaired) electrons. The molecule has 2 aromatic rings. The minimum Gasteiger partial charge on any atom is -0.463 e. The van der Waals surface area contributed by atoms with Crippen LogP contribution < -0.4 is 10.1 Å². The van der Waals surface area contributed by atoms with Crippen LogP contribution in [0.25, 0.3) is 0 Å². The van der Waals surface area contributed by atoms with Crippen LogP contribution >= 0.6 is 0 Å². The second-order valence-corrected chi connectivity index (χ2v) is 5.69. The van der Waals surface area contributed by atoms with Gasteiger partial charge in [-0.05, 0) is 18.6 Å². The number of rotatable bonds is 4. The number of nitrogens with one attached hydrogen (secondary N) is 1. The molecule has 0 spiro atoms. The highest BCUT2D eigenvalue weighted by molar-refractivity contribution is 6.00. The zero-order chi connectivity index (χ0) is 16.3. The van der Waals surface area contributed by atoms with Crippen molar-refractivity contribution in [3.63, 3.8) is 0 Å². The van der Waals surface area contributed by atoms with Gasteiger partial charge < -0.3 is 10.1 Å². The van der Waals surface area contributed by atoms with Gasteiger partial charge in [-0.15, -0.1) is 0 Å². The third kappa shape index (κ3) is 2.97. The van der Waals surface area contributed by atoms with Crippen molar-refractivity contribution in [2.45, 2.75) is 31.9 Å². The van der Waals surface area contributed by atoms with Gasteiger partial charge >= 0.3 is 0 Å². The Hall–Kier alpha value is -2.62. The highest BCUT2D eigenvalue weighted by atomic mass is 16.5. The first kappa shape index (κ1) is 15.3. The molecule has 1 unspecified atom stereocenters. The van der Waals surface area contributed by atoms with Crippen molar-refractivity contribution in [1.82, 2.24) is 5.32 Å². The Morgan fingerprint density at radius 3 is 2.57 bits per heavy atom. The molecule has 118 valence electrons. The predicted molar refractivity (Wildman–Crippen MR) is 87.2 cm³/mol. The lowest BCUT2D eigenvalue weighted by atomic mass is 9.90. The van der Waals surface area contributed by atoms with E-state index in [1.54, 1.807) is 12.1 Å². The third-order valence-electron chi connectivity index (χ3n) is 3.94. The van der Waals surface area contributed by atoms with Crippen LogP contribution in [0.15, 0.2) is 54.6 Å². The summed E-state index contributed by atoms with van der Waals surface area (Å²) in [6.07, 6.45) is 1.22. The Kier molecular flexibility index (Phi) is 4.15. The molecular formula is C19H19NO3. The number of ether oxygens (including phenoxy) is 1. The van der Waals surface area contributed by atoms with Gasteiger partial charge in [-0.2, -0.15) is 0 Å². The van der Waals surface area contributed by atoms with E-state index in [0.29, 0.717) is 17.7 Å². The maximum atomic E-state index is 12.6. The Bertz CT molecular complexity index is 726. The fraction of sp³-hybridized carbons (Fsp3) is 0.263. The van der Waals surface area contributed by atoms with E-state index < -0.39 is 5.72 Å². The number of hydrogen-bond acceptors (Lipinski definition) is 3. The van der Waals surface area contributed by atoms with Crippen molar-refractivity contribution in [2.24, 2.45) is 0 Å². The number of carbonyl (C=O) groups excluding carboxylic acids is 2. The summed E-state index contributed by atoms with van der Waals surface area (Å²) in [5.74, 6) is 0.348. The highest BCUT2D eigenvalue weighted by Crippen LogP contribution is 2.37. The monoisotopic (exact) mass is 309 g/mol. The minimum absolute atomic E-state index is 0.0347. The van der Waals surface area contributed by atoms with Crippen LogP contribution in [0.2, 0.25) is 0 Å². The summed E-state index contributed by atoms with van der Waals surface area (Å²) < 4.78 is 6.14. The van der Waals surface area contributed by atoms with Crippen molar-refractivity contribution in [3.05, 3.63) is 65.7 Å². The predicted octanol–water partition coefficient (Wildman–Crippen LogP) is 3.42. The average Bonchev–Trinajstić information content (AvgIpc) is 2.56. The molecule has 4 nitrogen and oxygen atoms in total. The van der Waals surface area contributed by atoms with Crippen LogP contribution in [0.5, 0.6) is 5.75 Å². The van der Waals surface area contributed by atoms with Gasteiger partial charge in [0.1, 0.15) is 5.75 Å². The maximum absolute atomic E-state index is 12.6. The number of hydrogen-bond donors (Lipinski definition) is 1. The van der Waals surface area contributed by atoms with E-state index in [1.807, 2.05) is 49.4 Å². The number of fused-ring (bicyclic) bond motifs is 1. The molecule has 0 aliphatic carbocycles. The number of para-hydroxylation sites is 1. The molecule has 0 saturated heterocycles. The molecule has 3 rings (SSSR count). The molecule has 2 aromatic carbocycles. The molecule has 1 atom stereocenters. The van der Waals surface area contributed by atoms with Gasteiger partial charge in [-0.1, -0.05) is 49.4 Å². The van der Waals surface area contributed by atoms with Crippen LogP contribution in [0.3, 0.4) is 0 Å².